The second-order valence-electron chi connectivity index (χ2n) is 7.86. The lowest BCUT2D eigenvalue weighted by Gasteiger charge is -2.10. The Morgan fingerprint density at radius 1 is 1.03 bits per heavy atom. The van der Waals surface area contributed by atoms with Crippen molar-refractivity contribution < 1.29 is 19.1 Å². The van der Waals surface area contributed by atoms with E-state index in [4.69, 9.17) is 4.74 Å². The number of Topliss-reactive ketones (excluding diaryl/α,β-unsaturated/α-hetero) is 1. The van der Waals surface area contributed by atoms with E-state index in [1.165, 1.54) is 32.8 Å². The highest BCUT2D eigenvalue weighted by Gasteiger charge is 2.12. The third kappa shape index (κ3) is 9.46. The van der Waals surface area contributed by atoms with Crippen LogP contribution in [0.2, 0.25) is 0 Å². The average Bonchev–Trinajstić information content (AvgIpc) is 2.82. The number of ether oxygens (including phenoxy) is 2. The second kappa shape index (κ2) is 15.0. The number of unbranched alkanes of at least 4 members (excludes halogenated alkanes) is 5. The van der Waals surface area contributed by atoms with Crippen LogP contribution in [-0.4, -0.2) is 23.8 Å². The minimum absolute atomic E-state index is 0.0234. The number of carbonyl (C=O) groups excluding carboxylic acids is 2. The summed E-state index contributed by atoms with van der Waals surface area (Å²) in [5.41, 5.74) is 2.50. The molecule has 0 amide bonds. The molecule has 0 aliphatic rings. The number of hydrogen-bond acceptors (Lipinski definition) is 5. The number of nitrogens with zero attached hydrogens (tertiary/aromatic N) is 1. The molecule has 0 fully saturated rings. The van der Waals surface area contributed by atoms with Gasteiger partial charge < -0.3 is 9.47 Å². The smallest absolute Gasteiger partial charge is 0.305 e. The number of carbonyl (C=O) groups is 2. The van der Waals surface area contributed by atoms with E-state index in [9.17, 15) is 9.59 Å². The first kappa shape index (κ1) is 25.3. The summed E-state index contributed by atoms with van der Waals surface area (Å²) in [6.07, 6.45) is 15.9. The lowest BCUT2D eigenvalue weighted by Crippen LogP contribution is -2.05. The monoisotopic (exact) mass is 437 g/mol. The van der Waals surface area contributed by atoms with E-state index >= 15 is 0 Å². The Bertz CT molecular complexity index is 861. The van der Waals surface area contributed by atoms with Gasteiger partial charge in [0.2, 0.25) is 0 Å². The van der Waals surface area contributed by atoms with Crippen LogP contribution in [0, 0.1) is 0 Å². The van der Waals surface area contributed by atoms with Crippen molar-refractivity contribution in [2.75, 3.05) is 7.11 Å². The predicted octanol–water partition coefficient (Wildman–Crippen LogP) is 6.56. The zero-order valence-electron chi connectivity index (χ0n) is 19.3. The van der Waals surface area contributed by atoms with Gasteiger partial charge in [-0.3, -0.25) is 14.6 Å². The molecule has 0 atom stereocenters. The topological polar surface area (TPSA) is 65.5 Å². The van der Waals surface area contributed by atoms with Gasteiger partial charge in [0.15, 0.2) is 5.78 Å². The zero-order chi connectivity index (χ0) is 23.0. The van der Waals surface area contributed by atoms with Crippen LogP contribution in [0.4, 0.5) is 0 Å². The van der Waals surface area contributed by atoms with Crippen LogP contribution < -0.4 is 4.74 Å². The highest BCUT2D eigenvalue weighted by molar-refractivity contribution is 5.99. The predicted molar refractivity (Wildman–Crippen MR) is 128 cm³/mol. The maximum absolute atomic E-state index is 12.8. The van der Waals surface area contributed by atoms with E-state index in [0.29, 0.717) is 30.8 Å². The van der Waals surface area contributed by atoms with Crippen molar-refractivity contribution in [3.63, 3.8) is 0 Å². The summed E-state index contributed by atoms with van der Waals surface area (Å²) in [5.74, 6) is 0.443. The number of rotatable bonds is 15. The molecular formula is C27H35NO4. The van der Waals surface area contributed by atoms with E-state index < -0.39 is 0 Å². The number of allylic oxidation sites excluding steroid dienone is 1. The third-order valence-electron chi connectivity index (χ3n) is 5.24. The standard InChI is InChI=1S/C27H35NO4/c1-3-4-5-6-7-8-9-13-23-19-24(32-21-22-12-11-18-28-20-22)16-17-25(23)26(29)14-10-15-27(30)31-2/h9,11-13,16-20H,3-8,10,14-15,21H2,1-2H3/b13-9+. The number of hydrogen-bond donors (Lipinski definition) is 0. The molecule has 0 saturated heterocycles. The number of aromatic nitrogens is 1. The molecule has 0 unspecified atom stereocenters. The van der Waals surface area contributed by atoms with Gasteiger partial charge in [-0.2, -0.15) is 0 Å². The normalized spacial score (nSPS) is 10.9. The molecule has 1 aromatic carbocycles. The van der Waals surface area contributed by atoms with E-state index in [1.54, 1.807) is 12.4 Å². The van der Waals surface area contributed by atoms with Crippen LogP contribution in [0.3, 0.4) is 0 Å². The van der Waals surface area contributed by atoms with Crippen molar-refractivity contribution in [3.05, 3.63) is 65.5 Å². The third-order valence-corrected chi connectivity index (χ3v) is 5.24. The largest absolute Gasteiger partial charge is 0.489 e. The van der Waals surface area contributed by atoms with Crippen LogP contribution in [0.5, 0.6) is 5.75 Å². The maximum atomic E-state index is 12.8. The van der Waals surface area contributed by atoms with Crippen molar-refractivity contribution >= 4 is 17.8 Å². The highest BCUT2D eigenvalue weighted by atomic mass is 16.5. The van der Waals surface area contributed by atoms with Gasteiger partial charge in [-0.05, 0) is 49.1 Å². The summed E-state index contributed by atoms with van der Waals surface area (Å²) in [6, 6.07) is 9.40. The first-order valence-electron chi connectivity index (χ1n) is 11.6. The second-order valence-corrected chi connectivity index (χ2v) is 7.86. The van der Waals surface area contributed by atoms with Crippen molar-refractivity contribution in [2.24, 2.45) is 0 Å². The Morgan fingerprint density at radius 2 is 1.88 bits per heavy atom. The quantitative estimate of drug-likeness (QED) is 0.179. The fourth-order valence-corrected chi connectivity index (χ4v) is 3.38. The number of esters is 1. The molecule has 1 heterocycles. The molecule has 2 aromatic rings. The Morgan fingerprint density at radius 3 is 2.62 bits per heavy atom. The van der Waals surface area contributed by atoms with E-state index in [0.717, 1.165) is 24.0 Å². The summed E-state index contributed by atoms with van der Waals surface area (Å²) >= 11 is 0. The molecule has 0 bridgehead atoms. The molecule has 2 rings (SSSR count). The molecule has 5 heteroatoms. The summed E-state index contributed by atoms with van der Waals surface area (Å²) in [4.78, 5) is 28.2. The number of ketones is 1. The molecule has 172 valence electrons. The van der Waals surface area contributed by atoms with Crippen molar-refractivity contribution in [3.8, 4) is 5.75 Å². The molecule has 0 N–H and O–H groups in total. The van der Waals surface area contributed by atoms with Gasteiger partial charge in [0.05, 0.1) is 7.11 Å². The Kier molecular flexibility index (Phi) is 11.8. The summed E-state index contributed by atoms with van der Waals surface area (Å²) < 4.78 is 10.6. The van der Waals surface area contributed by atoms with Gasteiger partial charge in [0.25, 0.3) is 0 Å². The molecular weight excluding hydrogens is 402 g/mol. The van der Waals surface area contributed by atoms with Gasteiger partial charge >= 0.3 is 5.97 Å². The van der Waals surface area contributed by atoms with Gasteiger partial charge in [0, 0.05) is 36.4 Å². The van der Waals surface area contributed by atoms with Crippen LogP contribution >= 0.6 is 0 Å². The first-order valence-corrected chi connectivity index (χ1v) is 11.6. The highest BCUT2D eigenvalue weighted by Crippen LogP contribution is 2.23. The van der Waals surface area contributed by atoms with E-state index in [2.05, 4.69) is 22.7 Å². The fraction of sp³-hybridized carbons (Fsp3) is 0.444. The van der Waals surface area contributed by atoms with Crippen LogP contribution in [0.25, 0.3) is 6.08 Å². The molecule has 32 heavy (non-hydrogen) atoms. The number of benzene rings is 1. The fourth-order valence-electron chi connectivity index (χ4n) is 3.38. The SMILES string of the molecule is CCCCCCC/C=C/c1cc(OCc2cccnc2)ccc1C(=O)CCCC(=O)OC. The number of pyridine rings is 1. The average molecular weight is 438 g/mol. The van der Waals surface area contributed by atoms with Crippen LogP contribution in [-0.2, 0) is 16.1 Å². The molecule has 1 aromatic heterocycles. The van der Waals surface area contributed by atoms with Crippen molar-refractivity contribution in [1.82, 2.24) is 4.98 Å². The molecule has 5 nitrogen and oxygen atoms in total. The number of methoxy groups -OCH3 is 1. The Labute approximate surface area is 191 Å². The van der Waals surface area contributed by atoms with E-state index in [-0.39, 0.29) is 18.2 Å². The van der Waals surface area contributed by atoms with Crippen molar-refractivity contribution in [1.29, 1.82) is 0 Å². The molecule has 0 radical (unpaired) electrons. The van der Waals surface area contributed by atoms with Gasteiger partial charge in [-0.25, -0.2) is 0 Å². The van der Waals surface area contributed by atoms with E-state index in [1.807, 2.05) is 36.4 Å². The summed E-state index contributed by atoms with van der Waals surface area (Å²) in [7, 11) is 1.36. The zero-order valence-corrected chi connectivity index (χ0v) is 19.3. The molecule has 0 saturated carbocycles. The lowest BCUT2D eigenvalue weighted by molar-refractivity contribution is -0.140. The maximum Gasteiger partial charge on any atom is 0.305 e. The van der Waals surface area contributed by atoms with Crippen molar-refractivity contribution in [2.45, 2.75) is 71.3 Å². The lowest BCUT2D eigenvalue weighted by atomic mass is 9.98. The van der Waals surface area contributed by atoms with Gasteiger partial charge in [0.1, 0.15) is 12.4 Å². The van der Waals surface area contributed by atoms with Crippen LogP contribution in [0.15, 0.2) is 48.8 Å². The van der Waals surface area contributed by atoms with Gasteiger partial charge in [-0.1, -0.05) is 50.8 Å². The molecule has 0 spiro atoms. The van der Waals surface area contributed by atoms with Gasteiger partial charge in [-0.15, -0.1) is 0 Å². The molecule has 0 aliphatic heterocycles. The summed E-state index contributed by atoms with van der Waals surface area (Å²) in [6.45, 7) is 2.63. The Balaban J connectivity index is 2.04. The Hall–Kier alpha value is -2.95. The summed E-state index contributed by atoms with van der Waals surface area (Å²) in [5, 5.41) is 0. The first-order chi connectivity index (χ1) is 15.6. The molecule has 0 aliphatic carbocycles. The minimum atomic E-state index is -0.292. The minimum Gasteiger partial charge on any atom is -0.489 e. The van der Waals surface area contributed by atoms with Crippen LogP contribution in [0.1, 0.15) is 86.2 Å².